The fourth-order valence-electron chi connectivity index (χ4n) is 4.79. The molecular formula is C27H33N3O4. The molecule has 0 saturated carbocycles. The fourth-order valence-corrected chi connectivity index (χ4v) is 4.79. The molecule has 0 aromatic heterocycles. The monoisotopic (exact) mass is 463 g/mol. The number of carbonyl (C=O) groups excluding carboxylic acids is 3. The van der Waals surface area contributed by atoms with E-state index in [-0.39, 0.29) is 36.1 Å². The first-order valence-corrected chi connectivity index (χ1v) is 12.1. The van der Waals surface area contributed by atoms with Gasteiger partial charge in [-0.25, -0.2) is 0 Å². The number of Topliss-reactive ketones (excluding diaryl/α,β-unsaturated/α-hetero) is 1. The number of amides is 2. The van der Waals surface area contributed by atoms with Gasteiger partial charge in [0.2, 0.25) is 5.91 Å². The first-order valence-electron chi connectivity index (χ1n) is 12.1. The van der Waals surface area contributed by atoms with Crippen molar-refractivity contribution in [3.05, 3.63) is 70.8 Å². The Morgan fingerprint density at radius 3 is 2.35 bits per heavy atom. The lowest BCUT2D eigenvalue weighted by Gasteiger charge is -2.31. The predicted octanol–water partition coefficient (Wildman–Crippen LogP) is 2.47. The molecule has 4 rings (SSSR count). The Bertz CT molecular complexity index is 1030. The van der Waals surface area contributed by atoms with Gasteiger partial charge in [-0.1, -0.05) is 36.4 Å². The van der Waals surface area contributed by atoms with Gasteiger partial charge in [-0.2, -0.15) is 0 Å². The SMILES string of the molecule is CC(=O)N1CCC(NC(=O)c2ccc(C(=O)CC[C@@H](O)[C@@H]3Cc4ccccc4CN3)cc2)CC1. The van der Waals surface area contributed by atoms with E-state index >= 15 is 0 Å². The molecule has 2 aliphatic rings. The molecule has 7 heteroatoms. The van der Waals surface area contributed by atoms with E-state index in [1.54, 1.807) is 36.1 Å². The van der Waals surface area contributed by atoms with Crippen LogP contribution in [0.5, 0.6) is 0 Å². The van der Waals surface area contributed by atoms with Gasteiger partial charge in [-0.05, 0) is 48.9 Å². The van der Waals surface area contributed by atoms with Crippen molar-refractivity contribution >= 4 is 17.6 Å². The molecule has 2 aromatic rings. The zero-order valence-corrected chi connectivity index (χ0v) is 19.6. The minimum absolute atomic E-state index is 0.0428. The lowest BCUT2D eigenvalue weighted by molar-refractivity contribution is -0.129. The van der Waals surface area contributed by atoms with Crippen LogP contribution in [-0.2, 0) is 17.8 Å². The fraction of sp³-hybridized carbons (Fsp3) is 0.444. The second kappa shape index (κ2) is 10.9. The Labute approximate surface area is 200 Å². The molecule has 0 unspecified atom stereocenters. The predicted molar refractivity (Wildman–Crippen MR) is 130 cm³/mol. The summed E-state index contributed by atoms with van der Waals surface area (Å²) in [4.78, 5) is 38.5. The third-order valence-corrected chi connectivity index (χ3v) is 6.99. The molecular weight excluding hydrogens is 430 g/mol. The number of hydrogen-bond donors (Lipinski definition) is 3. The van der Waals surface area contributed by atoms with E-state index in [2.05, 4.69) is 22.8 Å². The number of ketones is 1. The average Bonchev–Trinajstić information content (AvgIpc) is 2.87. The highest BCUT2D eigenvalue weighted by atomic mass is 16.3. The Hall–Kier alpha value is -3.03. The topological polar surface area (TPSA) is 98.7 Å². The Morgan fingerprint density at radius 1 is 1.03 bits per heavy atom. The second-order valence-corrected chi connectivity index (χ2v) is 9.32. The van der Waals surface area contributed by atoms with Crippen LogP contribution in [0.4, 0.5) is 0 Å². The van der Waals surface area contributed by atoms with Gasteiger partial charge < -0.3 is 20.6 Å². The van der Waals surface area contributed by atoms with Gasteiger partial charge in [-0.15, -0.1) is 0 Å². The summed E-state index contributed by atoms with van der Waals surface area (Å²) < 4.78 is 0. The zero-order valence-electron chi connectivity index (χ0n) is 19.6. The van der Waals surface area contributed by atoms with E-state index in [9.17, 15) is 19.5 Å². The van der Waals surface area contributed by atoms with E-state index in [0.717, 1.165) is 25.8 Å². The number of fused-ring (bicyclic) bond motifs is 1. The molecule has 0 radical (unpaired) electrons. The molecule has 2 aromatic carbocycles. The lowest BCUT2D eigenvalue weighted by Crippen LogP contribution is -2.46. The van der Waals surface area contributed by atoms with Crippen molar-refractivity contribution in [2.24, 2.45) is 0 Å². The highest BCUT2D eigenvalue weighted by Crippen LogP contribution is 2.20. The number of hydrogen-bond acceptors (Lipinski definition) is 5. The molecule has 0 bridgehead atoms. The van der Waals surface area contributed by atoms with Crippen LogP contribution in [0, 0.1) is 0 Å². The maximum absolute atomic E-state index is 12.6. The highest BCUT2D eigenvalue weighted by Gasteiger charge is 2.25. The summed E-state index contributed by atoms with van der Waals surface area (Å²) in [6.07, 6.45) is 2.28. The number of aliphatic hydroxyl groups is 1. The lowest BCUT2D eigenvalue weighted by atomic mass is 9.90. The smallest absolute Gasteiger partial charge is 0.251 e. The summed E-state index contributed by atoms with van der Waals surface area (Å²) in [6, 6.07) is 14.9. The molecule has 34 heavy (non-hydrogen) atoms. The molecule has 180 valence electrons. The Morgan fingerprint density at radius 2 is 1.68 bits per heavy atom. The summed E-state index contributed by atoms with van der Waals surface area (Å²) in [7, 11) is 0. The molecule has 2 heterocycles. The first-order chi connectivity index (χ1) is 16.4. The van der Waals surface area contributed by atoms with Crippen LogP contribution in [-0.4, -0.2) is 58.9 Å². The van der Waals surface area contributed by atoms with Crippen molar-refractivity contribution in [1.29, 1.82) is 0 Å². The molecule has 3 N–H and O–H groups in total. The third kappa shape index (κ3) is 5.90. The number of piperidine rings is 1. The minimum atomic E-state index is -0.600. The van der Waals surface area contributed by atoms with E-state index in [4.69, 9.17) is 0 Å². The van der Waals surface area contributed by atoms with Crippen LogP contribution in [0.2, 0.25) is 0 Å². The molecule has 2 amide bonds. The minimum Gasteiger partial charge on any atom is -0.391 e. The van der Waals surface area contributed by atoms with Crippen LogP contribution in [0.1, 0.15) is 64.4 Å². The molecule has 2 atom stereocenters. The van der Waals surface area contributed by atoms with Crippen LogP contribution in [0.15, 0.2) is 48.5 Å². The summed E-state index contributed by atoms with van der Waals surface area (Å²) in [5, 5.41) is 17.0. The van der Waals surface area contributed by atoms with E-state index in [1.165, 1.54) is 11.1 Å². The molecule has 2 aliphatic heterocycles. The van der Waals surface area contributed by atoms with Crippen LogP contribution in [0.3, 0.4) is 0 Å². The van der Waals surface area contributed by atoms with Crippen molar-refractivity contribution in [1.82, 2.24) is 15.5 Å². The number of carbonyl (C=O) groups is 3. The van der Waals surface area contributed by atoms with Crippen LogP contribution < -0.4 is 10.6 Å². The van der Waals surface area contributed by atoms with Crippen LogP contribution >= 0.6 is 0 Å². The van der Waals surface area contributed by atoms with Crippen molar-refractivity contribution in [2.75, 3.05) is 13.1 Å². The van der Waals surface area contributed by atoms with Gasteiger partial charge in [0.1, 0.15) is 0 Å². The zero-order chi connectivity index (χ0) is 24.1. The van der Waals surface area contributed by atoms with Gasteiger partial charge in [0.15, 0.2) is 5.78 Å². The van der Waals surface area contributed by atoms with Crippen molar-refractivity contribution < 1.29 is 19.5 Å². The van der Waals surface area contributed by atoms with Gasteiger partial charge in [0, 0.05) is 56.2 Å². The number of nitrogens with one attached hydrogen (secondary N) is 2. The van der Waals surface area contributed by atoms with Crippen LogP contribution in [0.25, 0.3) is 0 Å². The number of rotatable bonds is 7. The number of nitrogens with zero attached hydrogens (tertiary/aromatic N) is 1. The van der Waals surface area contributed by atoms with E-state index in [1.807, 2.05) is 12.1 Å². The second-order valence-electron chi connectivity index (χ2n) is 9.32. The summed E-state index contributed by atoms with van der Waals surface area (Å²) >= 11 is 0. The van der Waals surface area contributed by atoms with Gasteiger partial charge in [0.25, 0.3) is 5.91 Å². The maximum Gasteiger partial charge on any atom is 0.251 e. The number of likely N-dealkylation sites (tertiary alicyclic amines) is 1. The first kappa shape index (κ1) is 24.1. The third-order valence-electron chi connectivity index (χ3n) is 6.99. The summed E-state index contributed by atoms with van der Waals surface area (Å²) in [5.74, 6) is -0.143. The molecule has 7 nitrogen and oxygen atoms in total. The van der Waals surface area contributed by atoms with E-state index in [0.29, 0.717) is 30.6 Å². The standard InChI is InChI=1S/C27H33N3O4/c1-18(31)30-14-12-23(13-15-30)29-27(34)20-8-6-19(7-9-20)25(32)10-11-26(33)24-16-21-4-2-3-5-22(21)17-28-24/h2-9,23-24,26,28,33H,10-17H2,1H3,(H,29,34)/t24-,26+/m0/s1. The largest absolute Gasteiger partial charge is 0.391 e. The van der Waals surface area contributed by atoms with Gasteiger partial charge >= 0.3 is 0 Å². The molecule has 0 aliphatic carbocycles. The normalized spacial score (nSPS) is 19.2. The van der Waals surface area contributed by atoms with Crippen molar-refractivity contribution in [3.8, 4) is 0 Å². The van der Waals surface area contributed by atoms with Gasteiger partial charge in [0.05, 0.1) is 6.10 Å². The number of aliphatic hydroxyl groups excluding tert-OH is 1. The summed E-state index contributed by atoms with van der Waals surface area (Å²) in [6.45, 7) is 3.60. The van der Waals surface area contributed by atoms with Gasteiger partial charge in [-0.3, -0.25) is 14.4 Å². The quantitative estimate of drug-likeness (QED) is 0.548. The van der Waals surface area contributed by atoms with Crippen molar-refractivity contribution in [2.45, 2.75) is 63.8 Å². The van der Waals surface area contributed by atoms with Crippen molar-refractivity contribution in [3.63, 3.8) is 0 Å². The highest BCUT2D eigenvalue weighted by molar-refractivity contribution is 5.98. The number of benzene rings is 2. The molecule has 0 spiro atoms. The molecule has 1 saturated heterocycles. The maximum atomic E-state index is 12.6. The Balaban J connectivity index is 1.24. The van der Waals surface area contributed by atoms with E-state index < -0.39 is 6.10 Å². The average molecular weight is 464 g/mol. The summed E-state index contributed by atoms with van der Waals surface area (Å²) in [5.41, 5.74) is 3.55. The molecule has 1 fully saturated rings. The Kier molecular flexibility index (Phi) is 7.75.